The van der Waals surface area contributed by atoms with E-state index in [0.29, 0.717) is 11.0 Å². The lowest BCUT2D eigenvalue weighted by Crippen LogP contribution is -2.19. The molecule has 0 heterocycles. The largest absolute Gasteiger partial charge is 0.416 e. The van der Waals surface area contributed by atoms with Gasteiger partial charge in [-0.2, -0.15) is 13.2 Å². The Morgan fingerprint density at radius 3 is 2.33 bits per heavy atom. The highest BCUT2D eigenvalue weighted by Crippen LogP contribution is 2.39. The fraction of sp³-hybridized carbons (Fsp3) is 0.538. The summed E-state index contributed by atoms with van der Waals surface area (Å²) >= 11 is 1.33. The van der Waals surface area contributed by atoms with E-state index in [2.05, 4.69) is 4.72 Å². The van der Waals surface area contributed by atoms with Crippen molar-refractivity contribution in [2.24, 2.45) is 0 Å². The standard InChI is InChI=1S/C13H16F3NO2S2/c1-17-21(18,19)12-7-9(13(14,15)16)6-11(8-12)20-10-4-2-3-5-10/h6-8,10,17H,2-5H2,1H3. The smallest absolute Gasteiger partial charge is 0.214 e. The van der Waals surface area contributed by atoms with Crippen LogP contribution in [-0.4, -0.2) is 20.7 Å². The molecule has 0 saturated heterocycles. The van der Waals surface area contributed by atoms with Crippen molar-refractivity contribution in [3.8, 4) is 0 Å². The van der Waals surface area contributed by atoms with Gasteiger partial charge in [-0.25, -0.2) is 13.1 Å². The highest BCUT2D eigenvalue weighted by Gasteiger charge is 2.33. The first-order chi connectivity index (χ1) is 9.72. The van der Waals surface area contributed by atoms with Gasteiger partial charge in [-0.05, 0) is 38.1 Å². The average molecular weight is 339 g/mol. The maximum atomic E-state index is 12.9. The summed E-state index contributed by atoms with van der Waals surface area (Å²) in [4.78, 5) is 0.00544. The van der Waals surface area contributed by atoms with E-state index in [-0.39, 0.29) is 10.1 Å². The lowest BCUT2D eigenvalue weighted by Gasteiger charge is -2.14. The van der Waals surface area contributed by atoms with Crippen LogP contribution in [0.15, 0.2) is 28.0 Å². The van der Waals surface area contributed by atoms with Crippen LogP contribution in [0.3, 0.4) is 0 Å². The Labute approximate surface area is 126 Å². The number of hydrogen-bond donors (Lipinski definition) is 1. The third-order valence-electron chi connectivity index (χ3n) is 3.39. The van der Waals surface area contributed by atoms with E-state index in [9.17, 15) is 21.6 Å². The summed E-state index contributed by atoms with van der Waals surface area (Å²) in [6.45, 7) is 0. The molecule has 1 aliphatic rings. The summed E-state index contributed by atoms with van der Waals surface area (Å²) in [6.07, 6.45) is -0.523. The molecule has 0 bridgehead atoms. The Kier molecular flexibility index (Phi) is 4.89. The fourth-order valence-electron chi connectivity index (χ4n) is 2.28. The molecule has 8 heteroatoms. The predicted octanol–water partition coefficient (Wildman–Crippen LogP) is 3.65. The number of thioether (sulfide) groups is 1. The molecule has 1 saturated carbocycles. The molecular weight excluding hydrogens is 323 g/mol. The van der Waals surface area contributed by atoms with E-state index in [1.165, 1.54) is 24.9 Å². The number of benzene rings is 1. The molecule has 0 spiro atoms. The predicted molar refractivity (Wildman–Crippen MR) is 75.8 cm³/mol. The number of halogens is 3. The highest BCUT2D eigenvalue weighted by atomic mass is 32.2. The Morgan fingerprint density at radius 2 is 1.81 bits per heavy atom. The van der Waals surface area contributed by atoms with Crippen molar-refractivity contribution in [2.45, 2.75) is 46.9 Å². The van der Waals surface area contributed by atoms with Crippen LogP contribution in [-0.2, 0) is 16.2 Å². The first kappa shape index (κ1) is 16.6. The minimum absolute atomic E-state index is 0.263. The minimum Gasteiger partial charge on any atom is -0.214 e. The van der Waals surface area contributed by atoms with Gasteiger partial charge in [0.05, 0.1) is 10.5 Å². The zero-order chi connectivity index (χ0) is 15.7. The number of hydrogen-bond acceptors (Lipinski definition) is 3. The van der Waals surface area contributed by atoms with Gasteiger partial charge in [0.1, 0.15) is 0 Å². The second kappa shape index (κ2) is 6.18. The van der Waals surface area contributed by atoms with Crippen molar-refractivity contribution in [1.29, 1.82) is 0 Å². The van der Waals surface area contributed by atoms with Crippen molar-refractivity contribution in [2.75, 3.05) is 7.05 Å². The molecule has 0 amide bonds. The SMILES string of the molecule is CNS(=O)(=O)c1cc(SC2CCCC2)cc(C(F)(F)F)c1. The van der Waals surface area contributed by atoms with Gasteiger partial charge in [0, 0.05) is 10.1 Å². The zero-order valence-corrected chi connectivity index (χ0v) is 13.0. The first-order valence-corrected chi connectivity index (χ1v) is 8.91. The average Bonchev–Trinajstić information content (AvgIpc) is 2.90. The molecule has 0 aromatic heterocycles. The monoisotopic (exact) mass is 339 g/mol. The summed E-state index contributed by atoms with van der Waals surface area (Å²) in [5, 5.41) is 0.263. The maximum Gasteiger partial charge on any atom is 0.416 e. The van der Waals surface area contributed by atoms with Crippen LogP contribution >= 0.6 is 11.8 Å². The molecule has 0 radical (unpaired) electrons. The van der Waals surface area contributed by atoms with Crippen molar-refractivity contribution in [3.63, 3.8) is 0 Å². The van der Waals surface area contributed by atoms with E-state index >= 15 is 0 Å². The molecule has 118 valence electrons. The number of alkyl halides is 3. The summed E-state index contributed by atoms with van der Waals surface area (Å²) in [6, 6.07) is 3.01. The third-order valence-corrected chi connectivity index (χ3v) is 6.10. The quantitative estimate of drug-likeness (QED) is 0.911. The molecule has 2 rings (SSSR count). The molecule has 0 atom stereocenters. The van der Waals surface area contributed by atoms with Crippen LogP contribution in [0.25, 0.3) is 0 Å². The van der Waals surface area contributed by atoms with Crippen LogP contribution in [0.2, 0.25) is 0 Å². The lowest BCUT2D eigenvalue weighted by atomic mass is 10.2. The van der Waals surface area contributed by atoms with Crippen LogP contribution < -0.4 is 4.72 Å². The molecule has 1 N–H and O–H groups in total. The third kappa shape index (κ3) is 4.14. The fourth-order valence-corrected chi connectivity index (χ4v) is 4.49. The molecular formula is C13H16F3NO2S2. The van der Waals surface area contributed by atoms with E-state index in [1.807, 2.05) is 0 Å². The molecule has 1 fully saturated rings. The van der Waals surface area contributed by atoms with E-state index in [1.54, 1.807) is 0 Å². The van der Waals surface area contributed by atoms with Gasteiger partial charge in [-0.1, -0.05) is 12.8 Å². The Hall–Kier alpha value is -0.730. The van der Waals surface area contributed by atoms with Crippen LogP contribution in [0.1, 0.15) is 31.2 Å². The summed E-state index contributed by atoms with van der Waals surface area (Å²) < 4.78 is 64.4. The van der Waals surface area contributed by atoms with Gasteiger partial charge in [0.15, 0.2) is 0 Å². The van der Waals surface area contributed by atoms with E-state index in [0.717, 1.165) is 31.7 Å². The zero-order valence-electron chi connectivity index (χ0n) is 11.4. The van der Waals surface area contributed by atoms with Crippen molar-refractivity contribution in [3.05, 3.63) is 23.8 Å². The summed E-state index contributed by atoms with van der Waals surface area (Å²) in [5.74, 6) is 0. The number of rotatable bonds is 4. The molecule has 3 nitrogen and oxygen atoms in total. The number of nitrogens with one attached hydrogen (secondary N) is 1. The van der Waals surface area contributed by atoms with E-state index < -0.39 is 21.8 Å². The maximum absolute atomic E-state index is 12.9. The Balaban J connectivity index is 2.42. The van der Waals surface area contributed by atoms with Gasteiger partial charge >= 0.3 is 6.18 Å². The molecule has 1 aliphatic carbocycles. The van der Waals surface area contributed by atoms with Gasteiger partial charge in [-0.15, -0.1) is 11.8 Å². The van der Waals surface area contributed by atoms with Gasteiger partial charge in [0.2, 0.25) is 10.0 Å². The molecule has 1 aromatic rings. The second-order valence-electron chi connectivity index (χ2n) is 4.92. The minimum atomic E-state index is -4.57. The van der Waals surface area contributed by atoms with Crippen LogP contribution in [0.5, 0.6) is 0 Å². The van der Waals surface area contributed by atoms with Crippen molar-refractivity contribution >= 4 is 21.8 Å². The van der Waals surface area contributed by atoms with Gasteiger partial charge in [-0.3, -0.25) is 0 Å². The molecule has 0 unspecified atom stereocenters. The summed E-state index contributed by atoms with van der Waals surface area (Å²) in [5.41, 5.74) is -0.931. The normalized spacial score (nSPS) is 17.3. The topological polar surface area (TPSA) is 46.2 Å². The highest BCUT2D eigenvalue weighted by molar-refractivity contribution is 8.00. The van der Waals surface area contributed by atoms with Gasteiger partial charge in [0.25, 0.3) is 0 Å². The van der Waals surface area contributed by atoms with E-state index in [4.69, 9.17) is 0 Å². The lowest BCUT2D eigenvalue weighted by molar-refractivity contribution is -0.137. The molecule has 21 heavy (non-hydrogen) atoms. The van der Waals surface area contributed by atoms with Crippen molar-refractivity contribution < 1.29 is 21.6 Å². The van der Waals surface area contributed by atoms with Crippen molar-refractivity contribution in [1.82, 2.24) is 4.72 Å². The second-order valence-corrected chi connectivity index (χ2v) is 8.18. The number of sulfonamides is 1. The Bertz CT molecular complexity index is 608. The van der Waals surface area contributed by atoms with Crippen LogP contribution in [0.4, 0.5) is 13.2 Å². The molecule has 0 aliphatic heterocycles. The summed E-state index contributed by atoms with van der Waals surface area (Å²) in [7, 11) is -2.72. The van der Waals surface area contributed by atoms with Crippen LogP contribution in [0, 0.1) is 0 Å². The van der Waals surface area contributed by atoms with Gasteiger partial charge < -0.3 is 0 Å². The first-order valence-electron chi connectivity index (χ1n) is 6.55. The Morgan fingerprint density at radius 1 is 1.19 bits per heavy atom. The molecule has 1 aromatic carbocycles.